The van der Waals surface area contributed by atoms with Gasteiger partial charge in [-0.1, -0.05) is 61.4 Å². The summed E-state index contributed by atoms with van der Waals surface area (Å²) in [6.45, 7) is 7.50. The molecule has 0 aliphatic rings. The van der Waals surface area contributed by atoms with E-state index in [-0.39, 0.29) is 5.97 Å². The van der Waals surface area contributed by atoms with E-state index < -0.39 is 0 Å². The molecule has 220 valence electrons. The molecule has 9 nitrogen and oxygen atoms in total. The lowest BCUT2D eigenvalue weighted by Crippen LogP contribution is -2.01. The number of unbranched alkanes of at least 4 members (excludes halogenated alkanes) is 6. The van der Waals surface area contributed by atoms with Crippen LogP contribution in [0, 0.1) is 0 Å². The normalized spacial score (nSPS) is 11.5. The molecular formula is C31H36N6O3S2. The molecule has 4 aromatic rings. The number of benzene rings is 2. The number of ether oxygens (including phenoxy) is 2. The van der Waals surface area contributed by atoms with Gasteiger partial charge in [-0.05, 0) is 74.4 Å². The fourth-order valence-corrected chi connectivity index (χ4v) is 5.83. The second kappa shape index (κ2) is 17.1. The Bertz CT molecular complexity index is 1430. The summed E-state index contributed by atoms with van der Waals surface area (Å²) in [7, 11) is 0. The number of thiophene rings is 1. The number of esters is 1. The molecule has 0 fully saturated rings. The van der Waals surface area contributed by atoms with Crippen molar-refractivity contribution < 1.29 is 14.3 Å². The number of fused-ring (bicyclic) bond motifs is 1. The van der Waals surface area contributed by atoms with Crippen molar-refractivity contribution in [2.75, 3.05) is 25.1 Å². The maximum Gasteiger partial charge on any atom is 0.330 e. The van der Waals surface area contributed by atoms with Crippen molar-refractivity contribution in [2.24, 2.45) is 20.5 Å². The molecule has 0 atom stereocenters. The monoisotopic (exact) mass is 604 g/mol. The first-order valence-electron chi connectivity index (χ1n) is 14.2. The lowest BCUT2D eigenvalue weighted by Gasteiger charge is -2.06. The highest BCUT2D eigenvalue weighted by Crippen LogP contribution is 2.39. The minimum Gasteiger partial charge on any atom is -0.494 e. The maximum absolute atomic E-state index is 11.0. The molecule has 2 heterocycles. The molecule has 11 heteroatoms. The molecule has 0 aliphatic heterocycles. The van der Waals surface area contributed by atoms with Crippen LogP contribution in [-0.2, 0) is 9.53 Å². The summed E-state index contributed by atoms with van der Waals surface area (Å²) >= 11 is 2.96. The standard InChI is InChI=1S/C31H36N6O3S2/c1-3-29(38)40-21-11-9-7-5-6-8-10-20-39-26-18-16-25(17-19-26)34-36-28-22-27-30(42-28)33-31(41-27)37-35-24-14-12-23(13-15-24)32-4-2/h3,12-19,22,32H,1,4-11,20-21H2,2H3. The van der Waals surface area contributed by atoms with E-state index in [2.05, 4.69) is 44.3 Å². The van der Waals surface area contributed by atoms with Crippen molar-refractivity contribution in [3.05, 3.63) is 67.3 Å². The molecule has 2 aromatic heterocycles. The predicted molar refractivity (Wildman–Crippen MR) is 172 cm³/mol. The van der Waals surface area contributed by atoms with Gasteiger partial charge in [0.05, 0.1) is 29.3 Å². The van der Waals surface area contributed by atoms with Crippen molar-refractivity contribution in [1.82, 2.24) is 4.98 Å². The van der Waals surface area contributed by atoms with Crippen molar-refractivity contribution in [3.8, 4) is 5.75 Å². The third-order valence-electron chi connectivity index (χ3n) is 6.13. The Morgan fingerprint density at radius 2 is 1.50 bits per heavy atom. The van der Waals surface area contributed by atoms with Gasteiger partial charge in [0, 0.05) is 18.3 Å². The summed E-state index contributed by atoms with van der Waals surface area (Å²) < 4.78 is 11.9. The Kier molecular flexibility index (Phi) is 12.6. The van der Waals surface area contributed by atoms with E-state index in [9.17, 15) is 4.79 Å². The lowest BCUT2D eigenvalue weighted by atomic mass is 10.1. The van der Waals surface area contributed by atoms with Gasteiger partial charge in [-0.25, -0.2) is 9.78 Å². The van der Waals surface area contributed by atoms with Crippen molar-refractivity contribution in [2.45, 2.75) is 51.9 Å². The molecule has 2 aromatic carbocycles. The molecule has 0 saturated carbocycles. The van der Waals surface area contributed by atoms with Gasteiger partial charge < -0.3 is 14.8 Å². The number of anilines is 1. The first-order valence-corrected chi connectivity index (χ1v) is 15.9. The smallest absolute Gasteiger partial charge is 0.330 e. The van der Waals surface area contributed by atoms with Gasteiger partial charge in [0.2, 0.25) is 5.13 Å². The molecule has 42 heavy (non-hydrogen) atoms. The number of hydrogen-bond donors (Lipinski definition) is 1. The molecule has 0 bridgehead atoms. The number of rotatable bonds is 18. The largest absolute Gasteiger partial charge is 0.494 e. The number of nitrogens with one attached hydrogen (secondary N) is 1. The van der Waals surface area contributed by atoms with Crippen LogP contribution >= 0.6 is 22.7 Å². The number of nitrogens with zero attached hydrogens (tertiary/aromatic N) is 5. The second-order valence-electron chi connectivity index (χ2n) is 9.42. The molecule has 0 amide bonds. The summed E-state index contributed by atoms with van der Waals surface area (Å²) in [5, 5.41) is 22.0. The molecule has 0 aliphatic carbocycles. The molecular weight excluding hydrogens is 569 g/mol. The number of carbonyl (C=O) groups is 1. The van der Waals surface area contributed by atoms with Gasteiger partial charge in [0.15, 0.2) is 0 Å². The van der Waals surface area contributed by atoms with E-state index in [4.69, 9.17) is 9.47 Å². The summed E-state index contributed by atoms with van der Waals surface area (Å²) in [5.41, 5.74) is 2.61. The van der Waals surface area contributed by atoms with Crippen LogP contribution < -0.4 is 10.1 Å². The highest BCUT2D eigenvalue weighted by molar-refractivity contribution is 7.30. The van der Waals surface area contributed by atoms with Crippen LogP contribution in [0.1, 0.15) is 51.9 Å². The van der Waals surface area contributed by atoms with E-state index in [0.717, 1.165) is 76.0 Å². The highest BCUT2D eigenvalue weighted by Gasteiger charge is 2.08. The lowest BCUT2D eigenvalue weighted by molar-refractivity contribution is -0.137. The van der Waals surface area contributed by atoms with Gasteiger partial charge in [0.1, 0.15) is 15.6 Å². The minimum absolute atomic E-state index is 0.345. The minimum atomic E-state index is -0.345. The molecule has 0 spiro atoms. The average molecular weight is 605 g/mol. The van der Waals surface area contributed by atoms with E-state index in [1.807, 2.05) is 54.6 Å². The van der Waals surface area contributed by atoms with Gasteiger partial charge >= 0.3 is 5.97 Å². The van der Waals surface area contributed by atoms with E-state index in [1.54, 1.807) is 0 Å². The van der Waals surface area contributed by atoms with Crippen LogP contribution in [-0.4, -0.2) is 30.7 Å². The van der Waals surface area contributed by atoms with Crippen molar-refractivity contribution in [3.63, 3.8) is 0 Å². The molecule has 0 saturated heterocycles. The number of carbonyl (C=O) groups excluding carboxylic acids is 1. The van der Waals surface area contributed by atoms with Crippen LogP contribution in [0.3, 0.4) is 0 Å². The Labute approximate surface area is 254 Å². The first kappa shape index (κ1) is 31.0. The zero-order valence-electron chi connectivity index (χ0n) is 23.8. The van der Waals surface area contributed by atoms with Crippen LogP contribution in [0.2, 0.25) is 0 Å². The predicted octanol–water partition coefficient (Wildman–Crippen LogP) is 10.5. The topological polar surface area (TPSA) is 110 Å². The Morgan fingerprint density at radius 3 is 2.17 bits per heavy atom. The van der Waals surface area contributed by atoms with Gasteiger partial charge in [0.25, 0.3) is 0 Å². The van der Waals surface area contributed by atoms with E-state index in [0.29, 0.717) is 18.3 Å². The quantitative estimate of drug-likeness (QED) is 0.0526. The highest BCUT2D eigenvalue weighted by atomic mass is 32.1. The fraction of sp³-hybridized carbons (Fsp3) is 0.355. The number of hydrogen-bond acceptors (Lipinski definition) is 11. The van der Waals surface area contributed by atoms with Gasteiger partial charge in [-0.15, -0.1) is 20.5 Å². The first-order chi connectivity index (χ1) is 20.6. The van der Waals surface area contributed by atoms with Gasteiger partial charge in [-0.2, -0.15) is 0 Å². The van der Waals surface area contributed by atoms with Crippen LogP contribution in [0.15, 0.2) is 87.7 Å². The molecule has 4 rings (SSSR count). The zero-order chi connectivity index (χ0) is 29.4. The zero-order valence-corrected chi connectivity index (χ0v) is 25.5. The summed E-state index contributed by atoms with van der Waals surface area (Å²) in [6, 6.07) is 17.5. The van der Waals surface area contributed by atoms with E-state index in [1.165, 1.54) is 41.6 Å². The third kappa shape index (κ3) is 10.5. The van der Waals surface area contributed by atoms with Gasteiger partial charge in [-0.3, -0.25) is 0 Å². The third-order valence-corrected chi connectivity index (χ3v) is 8.06. The molecule has 1 N–H and O–H groups in total. The summed E-state index contributed by atoms with van der Waals surface area (Å²) in [5.74, 6) is 0.488. The Morgan fingerprint density at radius 1 is 0.857 bits per heavy atom. The summed E-state index contributed by atoms with van der Waals surface area (Å²) in [6.07, 6.45) is 8.87. The average Bonchev–Trinajstić information content (AvgIpc) is 3.57. The molecule has 0 unspecified atom stereocenters. The van der Waals surface area contributed by atoms with E-state index >= 15 is 0 Å². The SMILES string of the molecule is C=CC(=O)OCCCCCCCCCOc1ccc(N=Nc2cc3sc(N=Nc4ccc(NCC)cc4)nc3s2)cc1. The van der Waals surface area contributed by atoms with Crippen molar-refractivity contribution >= 4 is 65.4 Å². The summed E-state index contributed by atoms with van der Waals surface area (Å²) in [4.78, 5) is 16.4. The fourth-order valence-electron chi connectivity index (χ4n) is 3.98. The maximum atomic E-state index is 11.0. The van der Waals surface area contributed by atoms with Crippen molar-refractivity contribution in [1.29, 1.82) is 0 Å². The number of thiazole rings is 1. The van der Waals surface area contributed by atoms with Crippen LogP contribution in [0.5, 0.6) is 5.75 Å². The van der Waals surface area contributed by atoms with Crippen LogP contribution in [0.4, 0.5) is 27.2 Å². The Hall–Kier alpha value is -3.96. The molecule has 0 radical (unpaired) electrons. The number of aromatic nitrogens is 1. The number of azo groups is 2. The Balaban J connectivity index is 1.13. The second-order valence-corrected chi connectivity index (χ2v) is 11.4. The van der Waals surface area contributed by atoms with Crippen LogP contribution in [0.25, 0.3) is 9.53 Å².